The molecule has 1 heterocycles. The summed E-state index contributed by atoms with van der Waals surface area (Å²) in [6.45, 7) is 2.21. The molecule has 0 bridgehead atoms. The third-order valence-electron chi connectivity index (χ3n) is 4.66. The van der Waals surface area contributed by atoms with Crippen molar-refractivity contribution < 1.29 is 8.78 Å². The first-order valence-electron chi connectivity index (χ1n) is 7.55. The number of alkyl halides is 1. The summed E-state index contributed by atoms with van der Waals surface area (Å²) >= 11 is 5.97. The van der Waals surface area contributed by atoms with Gasteiger partial charge >= 0.3 is 0 Å². The molecule has 21 heavy (non-hydrogen) atoms. The van der Waals surface area contributed by atoms with Gasteiger partial charge in [0.15, 0.2) is 5.82 Å². The number of aromatic nitrogens is 2. The molecule has 0 unspecified atom stereocenters. The molecule has 0 amide bonds. The summed E-state index contributed by atoms with van der Waals surface area (Å²) in [4.78, 5) is 4.28. The van der Waals surface area contributed by atoms with Crippen LogP contribution in [-0.2, 0) is 5.88 Å². The van der Waals surface area contributed by atoms with Gasteiger partial charge in [0.1, 0.15) is 17.2 Å². The molecule has 2 aromatic rings. The van der Waals surface area contributed by atoms with Crippen LogP contribution in [0.5, 0.6) is 0 Å². The van der Waals surface area contributed by atoms with E-state index < -0.39 is 11.6 Å². The van der Waals surface area contributed by atoms with Crippen molar-refractivity contribution >= 4 is 22.6 Å². The molecule has 2 nitrogen and oxygen atoms in total. The van der Waals surface area contributed by atoms with Crippen LogP contribution in [0.4, 0.5) is 8.78 Å². The number of halogens is 3. The second kappa shape index (κ2) is 5.91. The predicted octanol–water partition coefficient (Wildman–Crippen LogP) is 5.19. The highest BCUT2D eigenvalue weighted by Gasteiger charge is 2.25. The van der Waals surface area contributed by atoms with Crippen LogP contribution < -0.4 is 0 Å². The van der Waals surface area contributed by atoms with E-state index in [4.69, 9.17) is 11.6 Å². The molecule has 114 valence electrons. The molecular weight excluding hydrogens is 294 g/mol. The molecule has 1 fully saturated rings. The van der Waals surface area contributed by atoms with Gasteiger partial charge in [-0.3, -0.25) is 0 Å². The number of nitrogens with zero attached hydrogens (tertiary/aromatic N) is 2. The molecule has 0 spiro atoms. The Morgan fingerprint density at radius 2 is 1.95 bits per heavy atom. The predicted molar refractivity (Wildman–Crippen MR) is 80.5 cm³/mol. The summed E-state index contributed by atoms with van der Waals surface area (Å²) in [5.41, 5.74) is 0.757. The highest BCUT2D eigenvalue weighted by Crippen LogP contribution is 2.37. The van der Waals surface area contributed by atoms with Crippen molar-refractivity contribution in [3.05, 3.63) is 29.6 Å². The summed E-state index contributed by atoms with van der Waals surface area (Å²) in [6, 6.07) is 2.49. The molecule has 1 saturated carbocycles. The molecule has 1 aromatic carbocycles. The Balaban J connectivity index is 2.04. The number of imidazole rings is 1. The Morgan fingerprint density at radius 1 is 1.24 bits per heavy atom. The lowest BCUT2D eigenvalue weighted by atomic mass is 9.84. The molecule has 0 radical (unpaired) electrons. The van der Waals surface area contributed by atoms with Gasteiger partial charge < -0.3 is 4.57 Å². The molecule has 1 aromatic heterocycles. The van der Waals surface area contributed by atoms with Gasteiger partial charge in [0.2, 0.25) is 0 Å². The maximum Gasteiger partial charge on any atom is 0.153 e. The monoisotopic (exact) mass is 312 g/mol. The standard InChI is InChI=1S/C16H19ClF2N2/c1-2-10-3-5-12(6-4-10)21-14-8-11(18)7-13(19)16(14)20-15(21)9-17/h7-8,10,12H,2-6,9H2,1H3. The van der Waals surface area contributed by atoms with E-state index in [1.54, 1.807) is 0 Å². The maximum absolute atomic E-state index is 13.9. The largest absolute Gasteiger partial charge is 0.324 e. The second-order valence-corrected chi connectivity index (χ2v) is 6.14. The van der Waals surface area contributed by atoms with Crippen LogP contribution in [0.15, 0.2) is 12.1 Å². The van der Waals surface area contributed by atoms with Gasteiger partial charge in [-0.05, 0) is 37.7 Å². The number of hydrogen-bond donors (Lipinski definition) is 0. The SMILES string of the molecule is CCC1CCC(n2c(CCl)nc3c(F)cc(F)cc32)CC1. The third kappa shape index (κ3) is 2.66. The molecule has 1 aliphatic rings. The summed E-state index contributed by atoms with van der Waals surface area (Å²) in [6.07, 6.45) is 5.54. The zero-order chi connectivity index (χ0) is 15.0. The number of rotatable bonds is 3. The highest BCUT2D eigenvalue weighted by atomic mass is 35.5. The fraction of sp³-hybridized carbons (Fsp3) is 0.562. The zero-order valence-electron chi connectivity index (χ0n) is 12.1. The van der Waals surface area contributed by atoms with Gasteiger partial charge in [-0.1, -0.05) is 13.3 Å². The summed E-state index contributed by atoms with van der Waals surface area (Å²) in [5.74, 6) is 0.436. The van der Waals surface area contributed by atoms with E-state index in [9.17, 15) is 8.78 Å². The van der Waals surface area contributed by atoms with Gasteiger partial charge in [-0.25, -0.2) is 13.8 Å². The lowest BCUT2D eigenvalue weighted by molar-refractivity contribution is 0.270. The van der Waals surface area contributed by atoms with Gasteiger partial charge in [-0.15, -0.1) is 11.6 Å². The van der Waals surface area contributed by atoms with Crippen LogP contribution in [0.2, 0.25) is 0 Å². The van der Waals surface area contributed by atoms with E-state index in [2.05, 4.69) is 11.9 Å². The summed E-state index contributed by atoms with van der Waals surface area (Å²) in [7, 11) is 0. The van der Waals surface area contributed by atoms with Crippen molar-refractivity contribution in [1.82, 2.24) is 9.55 Å². The lowest BCUT2D eigenvalue weighted by Crippen LogP contribution is -2.19. The number of hydrogen-bond acceptors (Lipinski definition) is 1. The highest BCUT2D eigenvalue weighted by molar-refractivity contribution is 6.16. The summed E-state index contributed by atoms with van der Waals surface area (Å²) in [5, 5.41) is 0. The van der Waals surface area contributed by atoms with E-state index in [-0.39, 0.29) is 17.4 Å². The van der Waals surface area contributed by atoms with E-state index >= 15 is 0 Å². The molecule has 0 N–H and O–H groups in total. The van der Waals surface area contributed by atoms with Crippen LogP contribution in [0, 0.1) is 17.6 Å². The average Bonchev–Trinajstić information content (AvgIpc) is 2.86. The Morgan fingerprint density at radius 3 is 2.57 bits per heavy atom. The molecule has 0 atom stereocenters. The number of benzene rings is 1. The Kier molecular flexibility index (Phi) is 4.16. The Hall–Kier alpha value is -1.16. The molecule has 0 saturated heterocycles. The summed E-state index contributed by atoms with van der Waals surface area (Å²) < 4.78 is 29.4. The maximum atomic E-state index is 13.9. The topological polar surface area (TPSA) is 17.8 Å². The normalized spacial score (nSPS) is 22.9. The zero-order valence-corrected chi connectivity index (χ0v) is 12.8. The molecule has 3 rings (SSSR count). The van der Waals surface area contributed by atoms with Crippen LogP contribution >= 0.6 is 11.6 Å². The minimum absolute atomic E-state index is 0.212. The van der Waals surface area contributed by atoms with Gasteiger partial charge in [0.05, 0.1) is 11.4 Å². The van der Waals surface area contributed by atoms with E-state index in [0.29, 0.717) is 11.3 Å². The fourth-order valence-electron chi connectivity index (χ4n) is 3.48. The Bertz CT molecular complexity index is 645. The van der Waals surface area contributed by atoms with E-state index in [0.717, 1.165) is 37.7 Å². The van der Waals surface area contributed by atoms with Crippen molar-refractivity contribution in [3.63, 3.8) is 0 Å². The van der Waals surface area contributed by atoms with Crippen molar-refractivity contribution in [2.75, 3.05) is 0 Å². The first-order chi connectivity index (χ1) is 10.1. The van der Waals surface area contributed by atoms with Crippen molar-refractivity contribution in [1.29, 1.82) is 0 Å². The van der Waals surface area contributed by atoms with Gasteiger partial charge in [0.25, 0.3) is 0 Å². The van der Waals surface area contributed by atoms with E-state index in [1.807, 2.05) is 4.57 Å². The van der Waals surface area contributed by atoms with Crippen LogP contribution in [0.25, 0.3) is 11.0 Å². The fourth-order valence-corrected chi connectivity index (χ4v) is 3.67. The van der Waals surface area contributed by atoms with Gasteiger partial charge in [-0.2, -0.15) is 0 Å². The van der Waals surface area contributed by atoms with Crippen molar-refractivity contribution in [2.24, 2.45) is 5.92 Å². The van der Waals surface area contributed by atoms with Crippen molar-refractivity contribution in [3.8, 4) is 0 Å². The van der Waals surface area contributed by atoms with Crippen LogP contribution in [0.3, 0.4) is 0 Å². The van der Waals surface area contributed by atoms with Gasteiger partial charge in [0, 0.05) is 12.1 Å². The van der Waals surface area contributed by atoms with Crippen molar-refractivity contribution in [2.45, 2.75) is 50.9 Å². The quantitative estimate of drug-likeness (QED) is 0.713. The average molecular weight is 313 g/mol. The molecule has 1 aliphatic carbocycles. The minimum atomic E-state index is -0.614. The second-order valence-electron chi connectivity index (χ2n) is 5.87. The molecule has 5 heteroatoms. The third-order valence-corrected chi connectivity index (χ3v) is 4.90. The first kappa shape index (κ1) is 14.8. The number of fused-ring (bicyclic) bond motifs is 1. The van der Waals surface area contributed by atoms with Crippen LogP contribution in [-0.4, -0.2) is 9.55 Å². The first-order valence-corrected chi connectivity index (χ1v) is 8.09. The minimum Gasteiger partial charge on any atom is -0.324 e. The smallest absolute Gasteiger partial charge is 0.153 e. The van der Waals surface area contributed by atoms with E-state index in [1.165, 1.54) is 12.5 Å². The Labute approximate surface area is 128 Å². The molecular formula is C16H19ClF2N2. The lowest BCUT2D eigenvalue weighted by Gasteiger charge is -2.30. The van der Waals surface area contributed by atoms with Crippen LogP contribution in [0.1, 0.15) is 50.9 Å². The molecule has 0 aliphatic heterocycles.